The van der Waals surface area contributed by atoms with Gasteiger partial charge in [0.05, 0.1) is 26.4 Å². The second-order valence-electron chi connectivity index (χ2n) is 4.01. The van der Waals surface area contributed by atoms with Crippen LogP contribution in [-0.4, -0.2) is 8.42 Å². The second-order valence-corrected chi connectivity index (χ2v) is 7.71. The molecule has 2 rings (SSSR count). The lowest BCUT2D eigenvalue weighted by atomic mass is 10.3. The van der Waals surface area contributed by atoms with Crippen LogP contribution in [-0.2, 0) is 10.0 Å². The molecule has 0 atom stereocenters. The van der Waals surface area contributed by atoms with Crippen molar-refractivity contribution in [2.75, 3.05) is 10.5 Å². The second kappa shape index (κ2) is 6.22. The van der Waals surface area contributed by atoms with Crippen molar-refractivity contribution in [3.05, 3.63) is 49.9 Å². The van der Waals surface area contributed by atoms with Gasteiger partial charge in [0.15, 0.2) is 0 Å². The first-order valence-electron chi connectivity index (χ1n) is 5.43. The lowest BCUT2D eigenvalue weighted by Gasteiger charge is -2.12. The summed E-state index contributed by atoms with van der Waals surface area (Å²) < 4.78 is 27.6. The number of halogens is 4. The fraction of sp³-hybridized carbons (Fsp3) is 0. The van der Waals surface area contributed by atoms with E-state index < -0.39 is 10.0 Å². The Morgan fingerprint density at radius 2 is 1.67 bits per heavy atom. The highest BCUT2D eigenvalue weighted by Crippen LogP contribution is 2.34. The number of benzene rings is 2. The van der Waals surface area contributed by atoms with Crippen LogP contribution in [0.1, 0.15) is 0 Å². The highest BCUT2D eigenvalue weighted by Gasteiger charge is 2.21. The van der Waals surface area contributed by atoms with Gasteiger partial charge in [-0.2, -0.15) is 0 Å². The molecule has 0 saturated carbocycles. The van der Waals surface area contributed by atoms with E-state index in [1.54, 1.807) is 6.07 Å². The molecule has 0 unspecified atom stereocenters. The predicted octanol–water partition coefficient (Wildman–Crippen LogP) is 4.79. The summed E-state index contributed by atoms with van der Waals surface area (Å²) in [5, 5.41) is 0.530. The van der Waals surface area contributed by atoms with E-state index in [4.69, 9.17) is 40.5 Å². The Morgan fingerprint density at radius 1 is 1.05 bits per heavy atom. The average Bonchev–Trinajstić information content (AvgIpc) is 2.39. The molecule has 0 radical (unpaired) electrons. The van der Waals surface area contributed by atoms with Crippen LogP contribution in [0.15, 0.2) is 39.7 Å². The summed E-state index contributed by atoms with van der Waals surface area (Å²) >= 11 is 20.8. The fourth-order valence-corrected chi connectivity index (χ4v) is 3.84. The zero-order chi connectivity index (χ0) is 15.8. The van der Waals surface area contributed by atoms with Crippen LogP contribution in [0.25, 0.3) is 0 Å². The maximum atomic E-state index is 12.3. The molecule has 0 aromatic heterocycles. The number of hydrogen-bond acceptors (Lipinski definition) is 3. The Balaban J connectivity index is 2.43. The van der Waals surface area contributed by atoms with Gasteiger partial charge in [-0.3, -0.25) is 4.72 Å². The van der Waals surface area contributed by atoms with Crippen LogP contribution in [0.2, 0.25) is 15.1 Å². The van der Waals surface area contributed by atoms with Gasteiger partial charge in [0, 0.05) is 4.47 Å². The molecule has 0 aliphatic heterocycles. The van der Waals surface area contributed by atoms with Gasteiger partial charge in [0.25, 0.3) is 10.0 Å². The summed E-state index contributed by atoms with van der Waals surface area (Å²) in [5.74, 6) is 0. The van der Waals surface area contributed by atoms with E-state index >= 15 is 0 Å². The van der Waals surface area contributed by atoms with Crippen molar-refractivity contribution in [2.45, 2.75) is 4.90 Å². The molecule has 0 saturated heterocycles. The van der Waals surface area contributed by atoms with Crippen molar-refractivity contribution in [3.8, 4) is 0 Å². The Kier molecular flexibility index (Phi) is 4.95. The predicted molar refractivity (Wildman–Crippen MR) is 90.8 cm³/mol. The van der Waals surface area contributed by atoms with Gasteiger partial charge in [-0.1, -0.05) is 34.8 Å². The van der Waals surface area contributed by atoms with E-state index in [0.29, 0.717) is 15.2 Å². The van der Waals surface area contributed by atoms with Gasteiger partial charge in [0.2, 0.25) is 0 Å². The summed E-state index contributed by atoms with van der Waals surface area (Å²) in [6.07, 6.45) is 0. The maximum absolute atomic E-state index is 12.3. The topological polar surface area (TPSA) is 72.2 Å². The number of nitrogens with one attached hydrogen (secondary N) is 1. The minimum Gasteiger partial charge on any atom is -0.396 e. The molecular weight excluding hydrogens is 422 g/mol. The minimum absolute atomic E-state index is 0.0125. The SMILES string of the molecule is Nc1c(Cl)ccc(S(=O)(=O)Nc2ccc(Cl)c(Br)c2)c1Cl. The van der Waals surface area contributed by atoms with Crippen molar-refractivity contribution in [1.82, 2.24) is 0 Å². The first-order chi connectivity index (χ1) is 9.72. The van der Waals surface area contributed by atoms with Crippen LogP contribution < -0.4 is 10.5 Å². The average molecular weight is 431 g/mol. The number of nitrogens with two attached hydrogens (primary N) is 1. The Morgan fingerprint density at radius 3 is 2.29 bits per heavy atom. The van der Waals surface area contributed by atoms with Crippen molar-refractivity contribution >= 4 is 72.1 Å². The van der Waals surface area contributed by atoms with Gasteiger partial charge in [0.1, 0.15) is 4.90 Å². The Labute approximate surface area is 145 Å². The normalized spacial score (nSPS) is 11.4. The minimum atomic E-state index is -3.90. The van der Waals surface area contributed by atoms with Gasteiger partial charge >= 0.3 is 0 Å². The Hall–Kier alpha value is -0.660. The number of anilines is 2. The maximum Gasteiger partial charge on any atom is 0.263 e. The molecule has 9 heteroatoms. The molecule has 3 N–H and O–H groups in total. The van der Waals surface area contributed by atoms with Crippen LogP contribution in [0.4, 0.5) is 11.4 Å². The van der Waals surface area contributed by atoms with Crippen LogP contribution in [0.5, 0.6) is 0 Å². The third-order valence-corrected chi connectivity index (χ3v) is 6.04. The lowest BCUT2D eigenvalue weighted by Crippen LogP contribution is -2.14. The van der Waals surface area contributed by atoms with E-state index in [0.717, 1.165) is 0 Å². The van der Waals surface area contributed by atoms with Gasteiger partial charge in [-0.15, -0.1) is 0 Å². The van der Waals surface area contributed by atoms with Crippen molar-refractivity contribution in [2.24, 2.45) is 0 Å². The molecule has 2 aromatic carbocycles. The van der Waals surface area contributed by atoms with Crippen LogP contribution in [0.3, 0.4) is 0 Å². The van der Waals surface area contributed by atoms with E-state index in [1.807, 2.05) is 0 Å². The zero-order valence-corrected chi connectivity index (χ0v) is 14.9. The van der Waals surface area contributed by atoms with Crippen molar-refractivity contribution < 1.29 is 8.42 Å². The number of hydrogen-bond donors (Lipinski definition) is 2. The van der Waals surface area contributed by atoms with Gasteiger partial charge in [-0.05, 0) is 46.3 Å². The molecule has 0 aliphatic carbocycles. The number of sulfonamides is 1. The van der Waals surface area contributed by atoms with Crippen molar-refractivity contribution in [1.29, 1.82) is 0 Å². The molecule has 112 valence electrons. The summed E-state index contributed by atoms with van der Waals surface area (Å²) in [7, 11) is -3.90. The molecule has 0 spiro atoms. The van der Waals surface area contributed by atoms with E-state index in [2.05, 4.69) is 20.7 Å². The molecule has 4 nitrogen and oxygen atoms in total. The largest absolute Gasteiger partial charge is 0.396 e. The molecular formula is C12H8BrCl3N2O2S. The molecule has 21 heavy (non-hydrogen) atoms. The monoisotopic (exact) mass is 428 g/mol. The highest BCUT2D eigenvalue weighted by molar-refractivity contribution is 9.10. The summed E-state index contributed by atoms with van der Waals surface area (Å²) in [6.45, 7) is 0. The molecule has 0 fully saturated rings. The summed E-state index contributed by atoms with van der Waals surface area (Å²) in [6, 6.07) is 7.27. The number of nitrogen functional groups attached to an aromatic ring is 1. The third kappa shape index (κ3) is 3.57. The van der Waals surface area contributed by atoms with E-state index in [9.17, 15) is 8.42 Å². The standard InChI is InChI=1S/C12H8BrCl3N2O2S/c13-7-5-6(1-2-8(7)14)18-21(19,20)10-4-3-9(15)12(17)11(10)16/h1-5,18H,17H2. The fourth-order valence-electron chi connectivity index (χ4n) is 1.53. The van der Waals surface area contributed by atoms with Gasteiger partial charge < -0.3 is 5.73 Å². The molecule has 0 heterocycles. The van der Waals surface area contributed by atoms with Gasteiger partial charge in [-0.25, -0.2) is 8.42 Å². The van der Waals surface area contributed by atoms with E-state index in [1.165, 1.54) is 24.3 Å². The zero-order valence-electron chi connectivity index (χ0n) is 10.2. The number of rotatable bonds is 3. The molecule has 0 aliphatic rings. The van der Waals surface area contributed by atoms with Crippen LogP contribution >= 0.6 is 50.7 Å². The lowest BCUT2D eigenvalue weighted by molar-refractivity contribution is 0.601. The first-order valence-corrected chi connectivity index (χ1v) is 8.84. The molecule has 0 bridgehead atoms. The van der Waals surface area contributed by atoms with Crippen LogP contribution in [0, 0.1) is 0 Å². The molecule has 0 amide bonds. The Bertz CT molecular complexity index is 812. The first kappa shape index (κ1) is 16.7. The summed E-state index contributed by atoms with van der Waals surface area (Å²) in [5.41, 5.74) is 5.98. The quantitative estimate of drug-likeness (QED) is 0.688. The third-order valence-electron chi connectivity index (χ3n) is 2.55. The van der Waals surface area contributed by atoms with E-state index in [-0.39, 0.29) is 20.6 Å². The summed E-state index contributed by atoms with van der Waals surface area (Å²) in [4.78, 5) is -0.155. The highest BCUT2D eigenvalue weighted by atomic mass is 79.9. The smallest absolute Gasteiger partial charge is 0.263 e. The van der Waals surface area contributed by atoms with Crippen molar-refractivity contribution in [3.63, 3.8) is 0 Å². The molecule has 2 aromatic rings.